The lowest BCUT2D eigenvalue weighted by atomic mass is 10.0. The summed E-state index contributed by atoms with van der Waals surface area (Å²) < 4.78 is 0. The molecule has 0 amide bonds. The summed E-state index contributed by atoms with van der Waals surface area (Å²) in [6.45, 7) is 3.66. The summed E-state index contributed by atoms with van der Waals surface area (Å²) in [5, 5.41) is 9.36. The number of aryl methyl sites for hydroxylation is 1. The third-order valence-corrected chi connectivity index (χ3v) is 4.20. The van der Waals surface area contributed by atoms with Gasteiger partial charge in [0.05, 0.1) is 6.61 Å². The van der Waals surface area contributed by atoms with Crippen LogP contribution in [0, 0.1) is 6.92 Å². The van der Waals surface area contributed by atoms with Crippen LogP contribution in [0.2, 0.25) is 0 Å². The van der Waals surface area contributed by atoms with E-state index in [2.05, 4.69) is 36.1 Å². The fraction of sp³-hybridized carbons (Fsp3) is 0.625. The maximum Gasteiger partial charge on any atom is 0.0558 e. The zero-order valence-electron chi connectivity index (χ0n) is 11.9. The van der Waals surface area contributed by atoms with Crippen molar-refractivity contribution < 1.29 is 5.11 Å². The molecule has 19 heavy (non-hydrogen) atoms. The van der Waals surface area contributed by atoms with E-state index in [1.807, 2.05) is 0 Å². The first kappa shape index (κ1) is 14.5. The van der Waals surface area contributed by atoms with Gasteiger partial charge in [-0.05, 0) is 25.3 Å². The summed E-state index contributed by atoms with van der Waals surface area (Å²) in [7, 11) is 0. The minimum Gasteiger partial charge on any atom is -0.395 e. The standard InChI is InChI=1S/C16H26N2O/c1-13-5-4-6-14(11-13)16(12-17)18(9-10-19)15-7-2-3-8-15/h4-6,11,15-16,19H,2-3,7-10,12,17H2,1H3. The number of benzene rings is 1. The first-order chi connectivity index (χ1) is 9.26. The smallest absolute Gasteiger partial charge is 0.0558 e. The van der Waals surface area contributed by atoms with E-state index in [-0.39, 0.29) is 12.6 Å². The molecule has 0 spiro atoms. The van der Waals surface area contributed by atoms with Crippen LogP contribution in [0.25, 0.3) is 0 Å². The molecule has 2 rings (SSSR count). The van der Waals surface area contributed by atoms with Crippen molar-refractivity contribution in [1.29, 1.82) is 0 Å². The Balaban J connectivity index is 2.20. The maximum absolute atomic E-state index is 9.36. The maximum atomic E-state index is 9.36. The van der Waals surface area contributed by atoms with Gasteiger partial charge in [0, 0.05) is 25.2 Å². The van der Waals surface area contributed by atoms with E-state index in [4.69, 9.17) is 5.73 Å². The molecule has 0 radical (unpaired) electrons. The second-order valence-corrected chi connectivity index (χ2v) is 5.57. The molecule has 1 atom stereocenters. The van der Waals surface area contributed by atoms with E-state index in [0.29, 0.717) is 12.6 Å². The third-order valence-electron chi connectivity index (χ3n) is 4.20. The fourth-order valence-corrected chi connectivity index (χ4v) is 3.28. The molecule has 106 valence electrons. The van der Waals surface area contributed by atoms with Gasteiger partial charge < -0.3 is 10.8 Å². The molecular weight excluding hydrogens is 236 g/mol. The molecule has 1 fully saturated rings. The van der Waals surface area contributed by atoms with Crippen molar-refractivity contribution >= 4 is 0 Å². The zero-order chi connectivity index (χ0) is 13.7. The van der Waals surface area contributed by atoms with Crippen LogP contribution in [-0.2, 0) is 0 Å². The molecule has 1 aliphatic rings. The molecule has 0 aliphatic heterocycles. The van der Waals surface area contributed by atoms with Crippen LogP contribution in [-0.4, -0.2) is 35.7 Å². The number of rotatable bonds is 6. The van der Waals surface area contributed by atoms with Crippen molar-refractivity contribution in [3.8, 4) is 0 Å². The molecule has 3 heteroatoms. The Labute approximate surface area is 116 Å². The lowest BCUT2D eigenvalue weighted by Crippen LogP contribution is -2.42. The van der Waals surface area contributed by atoms with Gasteiger partial charge in [0.2, 0.25) is 0 Å². The van der Waals surface area contributed by atoms with E-state index >= 15 is 0 Å². The number of nitrogens with two attached hydrogens (primary N) is 1. The molecule has 1 unspecified atom stereocenters. The molecular formula is C16H26N2O. The minimum absolute atomic E-state index is 0.207. The Hall–Kier alpha value is -0.900. The highest BCUT2D eigenvalue weighted by molar-refractivity contribution is 5.25. The first-order valence-electron chi connectivity index (χ1n) is 7.39. The normalized spacial score (nSPS) is 18.1. The number of aliphatic hydroxyl groups excluding tert-OH is 1. The second kappa shape index (κ2) is 7.04. The Morgan fingerprint density at radius 1 is 1.37 bits per heavy atom. The average molecular weight is 262 g/mol. The van der Waals surface area contributed by atoms with Crippen molar-refractivity contribution in [3.63, 3.8) is 0 Å². The van der Waals surface area contributed by atoms with Crippen LogP contribution in [0.1, 0.15) is 42.9 Å². The highest BCUT2D eigenvalue weighted by Gasteiger charge is 2.28. The van der Waals surface area contributed by atoms with Gasteiger partial charge in [-0.1, -0.05) is 42.7 Å². The molecule has 0 heterocycles. The van der Waals surface area contributed by atoms with Crippen molar-refractivity contribution in [2.24, 2.45) is 5.73 Å². The Morgan fingerprint density at radius 2 is 2.11 bits per heavy atom. The molecule has 1 saturated carbocycles. The van der Waals surface area contributed by atoms with Crippen LogP contribution < -0.4 is 5.73 Å². The first-order valence-corrected chi connectivity index (χ1v) is 7.39. The van der Waals surface area contributed by atoms with E-state index in [9.17, 15) is 5.11 Å². The van der Waals surface area contributed by atoms with Crippen LogP contribution in [0.5, 0.6) is 0 Å². The van der Waals surface area contributed by atoms with Gasteiger partial charge in [-0.15, -0.1) is 0 Å². The van der Waals surface area contributed by atoms with Crippen LogP contribution in [0.15, 0.2) is 24.3 Å². The Bertz CT molecular complexity index is 388. The lowest BCUT2D eigenvalue weighted by Gasteiger charge is -2.36. The van der Waals surface area contributed by atoms with Crippen molar-refractivity contribution in [2.45, 2.75) is 44.7 Å². The van der Waals surface area contributed by atoms with Gasteiger partial charge >= 0.3 is 0 Å². The predicted octanol–water partition coefficient (Wildman–Crippen LogP) is 2.23. The second-order valence-electron chi connectivity index (χ2n) is 5.57. The van der Waals surface area contributed by atoms with Gasteiger partial charge in [-0.2, -0.15) is 0 Å². The number of nitrogens with zero attached hydrogens (tertiary/aromatic N) is 1. The quantitative estimate of drug-likeness (QED) is 0.826. The summed E-state index contributed by atoms with van der Waals surface area (Å²) in [6.07, 6.45) is 5.08. The molecule has 0 bridgehead atoms. The summed E-state index contributed by atoms with van der Waals surface area (Å²) in [5.41, 5.74) is 8.58. The van der Waals surface area contributed by atoms with E-state index in [1.165, 1.54) is 36.8 Å². The zero-order valence-corrected chi connectivity index (χ0v) is 11.9. The summed E-state index contributed by atoms with van der Waals surface area (Å²) in [4.78, 5) is 2.42. The topological polar surface area (TPSA) is 49.5 Å². The Kier molecular flexibility index (Phi) is 5.37. The van der Waals surface area contributed by atoms with E-state index in [0.717, 1.165) is 6.54 Å². The summed E-state index contributed by atoms with van der Waals surface area (Å²) in [5.74, 6) is 0. The van der Waals surface area contributed by atoms with E-state index < -0.39 is 0 Å². The number of hydrogen-bond acceptors (Lipinski definition) is 3. The van der Waals surface area contributed by atoms with Gasteiger partial charge in [-0.25, -0.2) is 0 Å². The van der Waals surface area contributed by atoms with E-state index in [1.54, 1.807) is 0 Å². The molecule has 3 nitrogen and oxygen atoms in total. The molecule has 1 aromatic carbocycles. The largest absolute Gasteiger partial charge is 0.395 e. The molecule has 0 saturated heterocycles. The summed E-state index contributed by atoms with van der Waals surface area (Å²) >= 11 is 0. The third kappa shape index (κ3) is 3.56. The highest BCUT2D eigenvalue weighted by atomic mass is 16.3. The SMILES string of the molecule is Cc1cccc(C(CN)N(CCO)C2CCCC2)c1. The van der Waals surface area contributed by atoms with Gasteiger partial charge in [0.1, 0.15) is 0 Å². The minimum atomic E-state index is 0.207. The predicted molar refractivity (Wildman–Crippen MR) is 79.0 cm³/mol. The van der Waals surface area contributed by atoms with Gasteiger partial charge in [0.25, 0.3) is 0 Å². The van der Waals surface area contributed by atoms with Crippen molar-refractivity contribution in [2.75, 3.05) is 19.7 Å². The van der Waals surface area contributed by atoms with Gasteiger partial charge in [0.15, 0.2) is 0 Å². The highest BCUT2D eigenvalue weighted by Crippen LogP contribution is 2.30. The number of aliphatic hydroxyl groups is 1. The van der Waals surface area contributed by atoms with Crippen LogP contribution in [0.3, 0.4) is 0 Å². The summed E-state index contributed by atoms with van der Waals surface area (Å²) in [6, 6.07) is 9.40. The monoisotopic (exact) mass is 262 g/mol. The van der Waals surface area contributed by atoms with Crippen molar-refractivity contribution in [1.82, 2.24) is 4.90 Å². The molecule has 1 aliphatic carbocycles. The van der Waals surface area contributed by atoms with Gasteiger partial charge in [-0.3, -0.25) is 4.90 Å². The Morgan fingerprint density at radius 3 is 2.68 bits per heavy atom. The van der Waals surface area contributed by atoms with Crippen LogP contribution in [0.4, 0.5) is 0 Å². The van der Waals surface area contributed by atoms with Crippen LogP contribution >= 0.6 is 0 Å². The number of hydrogen-bond donors (Lipinski definition) is 2. The lowest BCUT2D eigenvalue weighted by molar-refractivity contribution is 0.107. The van der Waals surface area contributed by atoms with Crippen molar-refractivity contribution in [3.05, 3.63) is 35.4 Å². The molecule has 1 aromatic rings. The fourth-order valence-electron chi connectivity index (χ4n) is 3.28. The average Bonchev–Trinajstić information content (AvgIpc) is 2.92. The molecule has 3 N–H and O–H groups in total. The molecule has 0 aromatic heterocycles.